The Kier molecular flexibility index (Phi) is 8.16. The molecule has 0 aromatic heterocycles. The highest BCUT2D eigenvalue weighted by Crippen LogP contribution is 2.02. The largest absolute Gasteiger partial charge is 0.509 e. The van der Waals surface area contributed by atoms with Gasteiger partial charge in [0.2, 0.25) is 6.10 Å². The van der Waals surface area contributed by atoms with Crippen LogP contribution in [-0.4, -0.2) is 19.4 Å². The predicted octanol–water partition coefficient (Wildman–Crippen LogP) is 2.80. The van der Waals surface area contributed by atoms with Gasteiger partial charge in [-0.05, 0) is 18.9 Å². The lowest BCUT2D eigenvalue weighted by molar-refractivity contribution is 0.0667. The van der Waals surface area contributed by atoms with E-state index in [1.807, 2.05) is 12.1 Å². The molecule has 0 radical (unpaired) electrons. The number of carbonyl (C=O) groups is 1. The summed E-state index contributed by atoms with van der Waals surface area (Å²) in [7, 11) is 1.21. The zero-order valence-electron chi connectivity index (χ0n) is 9.23. The smallest absolute Gasteiger partial charge is 0.438 e. The lowest BCUT2D eigenvalue weighted by Crippen LogP contribution is -2.13. The van der Waals surface area contributed by atoms with Crippen molar-refractivity contribution in [2.45, 2.75) is 38.7 Å². The molecule has 1 atom stereocenters. The minimum Gasteiger partial charge on any atom is -0.438 e. The molecule has 84 valence electrons. The van der Waals surface area contributed by atoms with Crippen LogP contribution in [0.25, 0.3) is 0 Å². The number of hydrogen-bond donors (Lipinski definition) is 0. The Morgan fingerprint density at radius 1 is 1.53 bits per heavy atom. The normalized spacial score (nSPS) is 12.1. The van der Waals surface area contributed by atoms with E-state index in [1.165, 1.54) is 13.5 Å². The topological polar surface area (TPSA) is 59.3 Å². The molecule has 0 amide bonds. The molecule has 0 aliphatic carbocycles. The first-order valence-corrected chi connectivity index (χ1v) is 5.05. The molecule has 0 saturated heterocycles. The first-order valence-electron chi connectivity index (χ1n) is 5.05. The number of carbonyl (C=O) groups excluding carboxylic acids is 1. The fourth-order valence-corrected chi connectivity index (χ4v) is 0.992. The van der Waals surface area contributed by atoms with E-state index in [9.17, 15) is 4.79 Å². The van der Waals surface area contributed by atoms with Crippen molar-refractivity contribution in [1.29, 1.82) is 5.26 Å². The predicted molar refractivity (Wildman–Crippen MR) is 56.2 cm³/mol. The molecule has 15 heavy (non-hydrogen) atoms. The summed E-state index contributed by atoms with van der Waals surface area (Å²) in [6.45, 7) is 2.13. The number of hydrogen-bond acceptors (Lipinski definition) is 4. The Morgan fingerprint density at radius 3 is 2.80 bits per heavy atom. The van der Waals surface area contributed by atoms with Crippen molar-refractivity contribution in [3.05, 3.63) is 12.2 Å². The Labute approximate surface area is 90.5 Å². The summed E-state index contributed by atoms with van der Waals surface area (Å²) in [4.78, 5) is 10.7. The van der Waals surface area contributed by atoms with Gasteiger partial charge in [-0.2, -0.15) is 5.26 Å². The van der Waals surface area contributed by atoms with Gasteiger partial charge in [-0.15, -0.1) is 0 Å². The molecule has 0 aliphatic rings. The summed E-state index contributed by atoms with van der Waals surface area (Å²) in [5.74, 6) is 0. The summed E-state index contributed by atoms with van der Waals surface area (Å²) in [5, 5.41) is 8.64. The SMILES string of the molecule is CCCCC/C=C/[C@H](C#N)OC(=O)OC. The first-order chi connectivity index (χ1) is 7.24. The standard InChI is InChI=1S/C11H17NO3/c1-3-4-5-6-7-8-10(9-12)15-11(13)14-2/h7-8,10H,3-6H2,1-2H3/b8-7+/t10-/m1/s1. The van der Waals surface area contributed by atoms with Crippen molar-refractivity contribution in [2.75, 3.05) is 7.11 Å². The third kappa shape index (κ3) is 7.56. The van der Waals surface area contributed by atoms with Crippen LogP contribution in [0.2, 0.25) is 0 Å². The van der Waals surface area contributed by atoms with Crippen LogP contribution in [-0.2, 0) is 9.47 Å². The van der Waals surface area contributed by atoms with Crippen molar-refractivity contribution in [2.24, 2.45) is 0 Å². The van der Waals surface area contributed by atoms with Gasteiger partial charge >= 0.3 is 6.16 Å². The molecule has 0 saturated carbocycles. The fourth-order valence-electron chi connectivity index (χ4n) is 0.992. The summed E-state index contributed by atoms with van der Waals surface area (Å²) in [6.07, 6.45) is 6.06. The lowest BCUT2D eigenvalue weighted by Gasteiger charge is -2.04. The van der Waals surface area contributed by atoms with E-state index >= 15 is 0 Å². The van der Waals surface area contributed by atoms with Gasteiger partial charge in [0.05, 0.1) is 7.11 Å². The van der Waals surface area contributed by atoms with Crippen LogP contribution >= 0.6 is 0 Å². The summed E-state index contributed by atoms with van der Waals surface area (Å²) >= 11 is 0. The summed E-state index contributed by atoms with van der Waals surface area (Å²) in [5.41, 5.74) is 0. The summed E-state index contributed by atoms with van der Waals surface area (Å²) in [6, 6.07) is 1.85. The Morgan fingerprint density at radius 2 is 2.27 bits per heavy atom. The van der Waals surface area contributed by atoms with Crippen molar-refractivity contribution >= 4 is 6.16 Å². The maximum atomic E-state index is 10.7. The summed E-state index contributed by atoms with van der Waals surface area (Å²) < 4.78 is 8.93. The highest BCUT2D eigenvalue weighted by atomic mass is 16.7. The fraction of sp³-hybridized carbons (Fsp3) is 0.636. The molecule has 0 aliphatic heterocycles. The Bertz CT molecular complexity index is 243. The zero-order chi connectivity index (χ0) is 11.5. The molecule has 0 heterocycles. The highest BCUT2D eigenvalue weighted by Gasteiger charge is 2.09. The Hall–Kier alpha value is -1.50. The van der Waals surface area contributed by atoms with Crippen molar-refractivity contribution in [3.63, 3.8) is 0 Å². The maximum Gasteiger partial charge on any atom is 0.509 e. The van der Waals surface area contributed by atoms with Crippen LogP contribution in [0.3, 0.4) is 0 Å². The number of ether oxygens (including phenoxy) is 2. The van der Waals surface area contributed by atoms with E-state index in [2.05, 4.69) is 16.4 Å². The van der Waals surface area contributed by atoms with E-state index in [4.69, 9.17) is 5.26 Å². The van der Waals surface area contributed by atoms with Gasteiger partial charge in [-0.25, -0.2) is 4.79 Å². The lowest BCUT2D eigenvalue weighted by atomic mass is 10.2. The van der Waals surface area contributed by atoms with E-state index in [0.29, 0.717) is 0 Å². The quantitative estimate of drug-likeness (QED) is 0.385. The van der Waals surface area contributed by atoms with Gasteiger partial charge in [0, 0.05) is 0 Å². The molecular weight excluding hydrogens is 194 g/mol. The van der Waals surface area contributed by atoms with Crippen molar-refractivity contribution in [3.8, 4) is 6.07 Å². The molecule has 0 spiro atoms. The second-order valence-corrected chi connectivity index (χ2v) is 3.05. The second-order valence-electron chi connectivity index (χ2n) is 3.05. The first kappa shape index (κ1) is 13.5. The van der Waals surface area contributed by atoms with E-state index in [-0.39, 0.29) is 0 Å². The minimum atomic E-state index is -0.848. The maximum absolute atomic E-state index is 10.7. The number of methoxy groups -OCH3 is 1. The van der Waals surface area contributed by atoms with Crippen LogP contribution < -0.4 is 0 Å². The number of nitrogens with zero attached hydrogens (tertiary/aromatic N) is 1. The van der Waals surface area contributed by atoms with Gasteiger partial charge in [-0.1, -0.05) is 25.8 Å². The van der Waals surface area contributed by atoms with Crippen molar-refractivity contribution in [1.82, 2.24) is 0 Å². The average molecular weight is 211 g/mol. The van der Waals surface area contributed by atoms with E-state index in [0.717, 1.165) is 19.3 Å². The van der Waals surface area contributed by atoms with Crippen LogP contribution in [0.5, 0.6) is 0 Å². The average Bonchev–Trinajstić information content (AvgIpc) is 2.26. The molecule has 0 N–H and O–H groups in total. The number of rotatable bonds is 6. The molecule has 0 fully saturated rings. The van der Waals surface area contributed by atoms with Crippen LogP contribution in [0.4, 0.5) is 4.79 Å². The van der Waals surface area contributed by atoms with Crippen LogP contribution in [0.1, 0.15) is 32.6 Å². The third-order valence-electron chi connectivity index (χ3n) is 1.80. The molecule has 0 bridgehead atoms. The third-order valence-corrected chi connectivity index (χ3v) is 1.80. The van der Waals surface area contributed by atoms with E-state index < -0.39 is 12.3 Å². The molecule has 4 heteroatoms. The molecule has 0 unspecified atom stereocenters. The van der Waals surface area contributed by atoms with Gasteiger partial charge < -0.3 is 9.47 Å². The van der Waals surface area contributed by atoms with Crippen LogP contribution in [0, 0.1) is 11.3 Å². The number of nitriles is 1. The van der Waals surface area contributed by atoms with Gasteiger partial charge in [0.15, 0.2) is 0 Å². The molecule has 0 aromatic rings. The van der Waals surface area contributed by atoms with Gasteiger partial charge in [0.1, 0.15) is 6.07 Å². The minimum absolute atomic E-state index is 0.834. The van der Waals surface area contributed by atoms with Crippen molar-refractivity contribution < 1.29 is 14.3 Å². The highest BCUT2D eigenvalue weighted by molar-refractivity contribution is 5.60. The van der Waals surface area contributed by atoms with Gasteiger partial charge in [-0.3, -0.25) is 0 Å². The van der Waals surface area contributed by atoms with Crippen LogP contribution in [0.15, 0.2) is 12.2 Å². The zero-order valence-corrected chi connectivity index (χ0v) is 9.23. The number of allylic oxidation sites excluding steroid dienone is 1. The molecule has 0 rings (SSSR count). The molecule has 0 aromatic carbocycles. The van der Waals surface area contributed by atoms with Gasteiger partial charge in [0.25, 0.3) is 0 Å². The Balaban J connectivity index is 3.79. The molecule has 4 nitrogen and oxygen atoms in total. The second kappa shape index (κ2) is 9.07. The monoisotopic (exact) mass is 211 g/mol. The number of unbranched alkanes of at least 4 members (excludes halogenated alkanes) is 3. The van der Waals surface area contributed by atoms with E-state index in [1.54, 1.807) is 6.08 Å². The molecular formula is C11H17NO3.